The topological polar surface area (TPSA) is 57.1 Å². The molecule has 2 aromatic rings. The zero-order chi connectivity index (χ0) is 19.4. The highest BCUT2D eigenvalue weighted by molar-refractivity contribution is 6.13. The fraction of sp³-hybridized carbons (Fsp3) is 0.200. The van der Waals surface area contributed by atoms with Crippen LogP contribution in [0.4, 0.5) is 8.78 Å². The van der Waals surface area contributed by atoms with Gasteiger partial charge in [0.05, 0.1) is 6.61 Å². The molecule has 0 aromatic heterocycles. The number of nitrogens with zero attached hydrogens (tertiary/aromatic N) is 1. The van der Waals surface area contributed by atoms with E-state index in [-0.39, 0.29) is 29.7 Å². The van der Waals surface area contributed by atoms with Crippen molar-refractivity contribution < 1.29 is 27.8 Å². The van der Waals surface area contributed by atoms with Crippen LogP contribution in [0, 0.1) is 6.92 Å². The zero-order valence-electron chi connectivity index (χ0n) is 14.7. The van der Waals surface area contributed by atoms with E-state index in [0.29, 0.717) is 5.56 Å². The lowest BCUT2D eigenvalue weighted by atomic mass is 10.1. The van der Waals surface area contributed by atoms with Crippen LogP contribution in [-0.2, 0) is 9.53 Å². The van der Waals surface area contributed by atoms with Gasteiger partial charge in [-0.25, -0.2) is 9.79 Å². The summed E-state index contributed by atoms with van der Waals surface area (Å²) in [6, 6.07) is 11.8. The Kier molecular flexibility index (Phi) is 5.49. The molecule has 7 heteroatoms. The summed E-state index contributed by atoms with van der Waals surface area (Å²) in [5, 5.41) is 0. The summed E-state index contributed by atoms with van der Waals surface area (Å²) in [5.41, 5.74) is 2.31. The normalized spacial score (nSPS) is 15.1. The molecule has 5 nitrogen and oxygen atoms in total. The molecular formula is C20H17F2NO4. The quantitative estimate of drug-likeness (QED) is 0.558. The number of hydrogen-bond donors (Lipinski definition) is 0. The van der Waals surface area contributed by atoms with Gasteiger partial charge >= 0.3 is 12.6 Å². The van der Waals surface area contributed by atoms with E-state index in [1.165, 1.54) is 24.3 Å². The third kappa shape index (κ3) is 4.31. The molecule has 1 aliphatic heterocycles. The lowest BCUT2D eigenvalue weighted by molar-refractivity contribution is -0.129. The molecule has 0 saturated carbocycles. The maximum atomic E-state index is 12.5. The van der Waals surface area contributed by atoms with Crippen LogP contribution in [0.2, 0.25) is 0 Å². The van der Waals surface area contributed by atoms with Crippen molar-refractivity contribution in [3.8, 4) is 11.5 Å². The van der Waals surface area contributed by atoms with Gasteiger partial charge < -0.3 is 14.2 Å². The fourth-order valence-electron chi connectivity index (χ4n) is 2.57. The SMILES string of the molecule is CCOc1cc(/C=C2\N=C(c3ccccc3C)OC2=O)ccc1OC(F)F. The predicted octanol–water partition coefficient (Wildman–Crippen LogP) is 4.34. The molecule has 0 bridgehead atoms. The van der Waals surface area contributed by atoms with Crippen molar-refractivity contribution in [2.75, 3.05) is 6.61 Å². The van der Waals surface area contributed by atoms with Gasteiger partial charge in [-0.1, -0.05) is 24.3 Å². The lowest BCUT2D eigenvalue weighted by Crippen LogP contribution is -2.06. The number of aryl methyl sites for hydroxylation is 1. The minimum Gasteiger partial charge on any atom is -0.490 e. The molecule has 0 aliphatic carbocycles. The number of carbonyl (C=O) groups excluding carboxylic acids is 1. The minimum absolute atomic E-state index is 0.0768. The van der Waals surface area contributed by atoms with E-state index >= 15 is 0 Å². The molecule has 3 rings (SSSR count). The van der Waals surface area contributed by atoms with Gasteiger partial charge in [0.25, 0.3) is 0 Å². The Labute approximate surface area is 154 Å². The van der Waals surface area contributed by atoms with Crippen molar-refractivity contribution in [3.05, 3.63) is 64.9 Å². The summed E-state index contributed by atoms with van der Waals surface area (Å²) in [7, 11) is 0. The van der Waals surface area contributed by atoms with Crippen LogP contribution in [-0.4, -0.2) is 25.1 Å². The van der Waals surface area contributed by atoms with Crippen LogP contribution in [0.3, 0.4) is 0 Å². The number of ether oxygens (including phenoxy) is 3. The number of aliphatic imine (C=N–C) groups is 1. The van der Waals surface area contributed by atoms with Gasteiger partial charge in [0, 0.05) is 5.56 Å². The van der Waals surface area contributed by atoms with Crippen LogP contribution < -0.4 is 9.47 Å². The Bertz CT molecular complexity index is 922. The first-order chi connectivity index (χ1) is 13.0. The monoisotopic (exact) mass is 373 g/mol. The fourth-order valence-corrected chi connectivity index (χ4v) is 2.57. The molecule has 0 spiro atoms. The van der Waals surface area contributed by atoms with Crippen LogP contribution in [0.25, 0.3) is 6.08 Å². The maximum absolute atomic E-state index is 12.5. The molecule has 0 saturated heterocycles. The van der Waals surface area contributed by atoms with E-state index in [9.17, 15) is 13.6 Å². The van der Waals surface area contributed by atoms with Gasteiger partial charge in [-0.3, -0.25) is 0 Å². The van der Waals surface area contributed by atoms with Gasteiger partial charge in [-0.2, -0.15) is 8.78 Å². The number of esters is 1. The largest absolute Gasteiger partial charge is 0.490 e. The Morgan fingerprint density at radius 2 is 1.96 bits per heavy atom. The van der Waals surface area contributed by atoms with Gasteiger partial charge in [-0.15, -0.1) is 0 Å². The molecule has 27 heavy (non-hydrogen) atoms. The molecule has 0 radical (unpaired) electrons. The first-order valence-corrected chi connectivity index (χ1v) is 8.28. The van der Waals surface area contributed by atoms with Crippen molar-refractivity contribution >= 4 is 17.9 Å². The molecule has 2 aromatic carbocycles. The van der Waals surface area contributed by atoms with Crippen LogP contribution >= 0.6 is 0 Å². The predicted molar refractivity (Wildman–Crippen MR) is 96.0 cm³/mol. The van der Waals surface area contributed by atoms with Crippen molar-refractivity contribution in [1.29, 1.82) is 0 Å². The first-order valence-electron chi connectivity index (χ1n) is 8.28. The number of alkyl halides is 2. The average Bonchev–Trinajstić information content (AvgIpc) is 2.98. The summed E-state index contributed by atoms with van der Waals surface area (Å²) >= 11 is 0. The Morgan fingerprint density at radius 3 is 2.67 bits per heavy atom. The van der Waals surface area contributed by atoms with Crippen molar-refractivity contribution in [1.82, 2.24) is 0 Å². The Hall–Kier alpha value is -3.22. The molecule has 0 fully saturated rings. The number of halogens is 2. The standard InChI is InChI=1S/C20H17F2NO4/c1-3-25-17-11-13(8-9-16(17)26-20(21)22)10-15-19(24)27-18(23-15)14-7-5-4-6-12(14)2/h4-11,20H,3H2,1-2H3/b15-10-. The summed E-state index contributed by atoms with van der Waals surface area (Å²) < 4.78 is 40.0. The number of carbonyl (C=O) groups is 1. The third-order valence-corrected chi connectivity index (χ3v) is 3.78. The second-order valence-corrected chi connectivity index (χ2v) is 5.67. The van der Waals surface area contributed by atoms with Gasteiger partial charge in [0.1, 0.15) is 0 Å². The molecule has 0 N–H and O–H groups in total. The van der Waals surface area contributed by atoms with E-state index in [0.717, 1.165) is 11.1 Å². The molecule has 1 aliphatic rings. The first kappa shape index (κ1) is 18.6. The highest BCUT2D eigenvalue weighted by atomic mass is 19.3. The van der Waals surface area contributed by atoms with E-state index in [4.69, 9.17) is 9.47 Å². The van der Waals surface area contributed by atoms with Gasteiger partial charge in [0.2, 0.25) is 5.90 Å². The van der Waals surface area contributed by atoms with Crippen molar-refractivity contribution in [3.63, 3.8) is 0 Å². The smallest absolute Gasteiger partial charge is 0.387 e. The average molecular weight is 373 g/mol. The lowest BCUT2D eigenvalue weighted by Gasteiger charge is -2.11. The second kappa shape index (κ2) is 7.99. The van der Waals surface area contributed by atoms with Gasteiger partial charge in [-0.05, 0) is 49.2 Å². The molecule has 0 atom stereocenters. The van der Waals surface area contributed by atoms with Crippen LogP contribution in [0.5, 0.6) is 11.5 Å². The van der Waals surface area contributed by atoms with Crippen LogP contribution in [0.1, 0.15) is 23.6 Å². The van der Waals surface area contributed by atoms with Crippen LogP contribution in [0.15, 0.2) is 53.2 Å². The minimum atomic E-state index is -2.96. The van der Waals surface area contributed by atoms with Gasteiger partial charge in [0.15, 0.2) is 17.2 Å². The summed E-state index contributed by atoms with van der Waals surface area (Å²) in [4.78, 5) is 16.4. The molecular weight excluding hydrogens is 356 g/mol. The second-order valence-electron chi connectivity index (χ2n) is 5.67. The zero-order valence-corrected chi connectivity index (χ0v) is 14.7. The highest BCUT2D eigenvalue weighted by Gasteiger charge is 2.25. The Morgan fingerprint density at radius 1 is 1.19 bits per heavy atom. The maximum Gasteiger partial charge on any atom is 0.387 e. The molecule has 140 valence electrons. The molecule has 0 amide bonds. The Balaban J connectivity index is 1.92. The van der Waals surface area contributed by atoms with Crippen molar-refractivity contribution in [2.24, 2.45) is 4.99 Å². The molecule has 0 unspecified atom stereocenters. The van der Waals surface area contributed by atoms with Crippen molar-refractivity contribution in [2.45, 2.75) is 20.5 Å². The van der Waals surface area contributed by atoms with E-state index in [2.05, 4.69) is 9.73 Å². The molecule has 1 heterocycles. The summed E-state index contributed by atoms with van der Waals surface area (Å²) in [5.74, 6) is -0.278. The number of hydrogen-bond acceptors (Lipinski definition) is 5. The summed E-state index contributed by atoms with van der Waals surface area (Å²) in [6.07, 6.45) is 1.50. The van der Waals surface area contributed by atoms with E-state index < -0.39 is 12.6 Å². The number of benzene rings is 2. The highest BCUT2D eigenvalue weighted by Crippen LogP contribution is 2.31. The van der Waals surface area contributed by atoms with E-state index in [1.54, 1.807) is 6.92 Å². The number of cyclic esters (lactones) is 1. The van der Waals surface area contributed by atoms with E-state index in [1.807, 2.05) is 31.2 Å². The third-order valence-electron chi connectivity index (χ3n) is 3.78. The summed E-state index contributed by atoms with van der Waals surface area (Å²) in [6.45, 7) is 0.935. The number of rotatable bonds is 6.